The molecule has 0 unspecified atom stereocenters. The van der Waals surface area contributed by atoms with Crippen LogP contribution >= 0.6 is 11.3 Å². The number of thiophene rings is 1. The van der Waals surface area contributed by atoms with Crippen molar-refractivity contribution in [2.75, 3.05) is 13.1 Å². The molecule has 1 fully saturated rings. The van der Waals surface area contributed by atoms with Gasteiger partial charge in [0.25, 0.3) is 5.91 Å². The fraction of sp³-hybridized carbons (Fsp3) is 0.316. The van der Waals surface area contributed by atoms with Crippen LogP contribution in [-0.4, -0.2) is 39.2 Å². The molecule has 3 aromatic heterocycles. The molecular weight excluding hydrogens is 334 g/mol. The highest BCUT2D eigenvalue weighted by atomic mass is 32.1. The molecule has 6 heteroatoms. The first-order valence-corrected chi connectivity index (χ1v) is 9.21. The van der Waals surface area contributed by atoms with E-state index in [1.54, 1.807) is 4.90 Å². The third kappa shape index (κ3) is 2.76. The fourth-order valence-electron chi connectivity index (χ4n) is 3.40. The number of aryl methyl sites for hydroxylation is 2. The van der Waals surface area contributed by atoms with Crippen LogP contribution in [0.1, 0.15) is 33.8 Å². The summed E-state index contributed by atoms with van der Waals surface area (Å²) in [6.07, 6.45) is 4.81. The van der Waals surface area contributed by atoms with Gasteiger partial charge in [-0.25, -0.2) is 4.98 Å². The molecule has 25 heavy (non-hydrogen) atoms. The average Bonchev–Trinajstić information content (AvgIpc) is 3.21. The van der Waals surface area contributed by atoms with Crippen molar-refractivity contribution >= 4 is 33.2 Å². The van der Waals surface area contributed by atoms with E-state index in [1.165, 1.54) is 11.3 Å². The van der Waals surface area contributed by atoms with E-state index in [-0.39, 0.29) is 11.7 Å². The number of carbonyl (C=O) groups excluding carboxylic acids is 2. The van der Waals surface area contributed by atoms with Crippen molar-refractivity contribution in [2.24, 2.45) is 0 Å². The monoisotopic (exact) mass is 353 g/mol. The molecule has 0 atom stereocenters. The van der Waals surface area contributed by atoms with E-state index in [0.29, 0.717) is 30.8 Å². The molecule has 0 N–H and O–H groups in total. The molecule has 3 aromatic rings. The van der Waals surface area contributed by atoms with Gasteiger partial charge < -0.3 is 9.47 Å². The molecule has 0 aliphatic carbocycles. The summed E-state index contributed by atoms with van der Waals surface area (Å²) in [5, 5.41) is 1.03. The zero-order chi connectivity index (χ0) is 17.6. The van der Waals surface area contributed by atoms with Crippen molar-refractivity contribution in [3.05, 3.63) is 46.7 Å². The molecule has 128 valence electrons. The van der Waals surface area contributed by atoms with Crippen LogP contribution in [0.5, 0.6) is 0 Å². The predicted octanol–water partition coefficient (Wildman–Crippen LogP) is 3.51. The maximum absolute atomic E-state index is 13.2. The number of piperidine rings is 1. The van der Waals surface area contributed by atoms with E-state index in [4.69, 9.17) is 0 Å². The van der Waals surface area contributed by atoms with Gasteiger partial charge in [-0.2, -0.15) is 0 Å². The lowest BCUT2D eigenvalue weighted by Gasteiger charge is -2.26. The number of likely N-dealkylation sites (tertiary alicyclic amines) is 1. The van der Waals surface area contributed by atoms with E-state index in [9.17, 15) is 9.59 Å². The van der Waals surface area contributed by atoms with Crippen LogP contribution in [0.15, 0.2) is 30.6 Å². The van der Waals surface area contributed by atoms with Crippen LogP contribution < -0.4 is 0 Å². The Morgan fingerprint density at radius 2 is 1.84 bits per heavy atom. The Hall–Kier alpha value is -2.47. The number of amides is 1. The summed E-state index contributed by atoms with van der Waals surface area (Å²) < 4.78 is 1.99. The summed E-state index contributed by atoms with van der Waals surface area (Å²) >= 11 is 1.44. The Kier molecular flexibility index (Phi) is 3.92. The molecule has 1 aliphatic heterocycles. The van der Waals surface area contributed by atoms with Crippen LogP contribution in [0.4, 0.5) is 0 Å². The SMILES string of the molecule is Cc1cc(C)c2c(-n3cccc3)c(C(=O)N3CCC(=O)CC3)sc2n1. The second kappa shape index (κ2) is 6.11. The van der Waals surface area contributed by atoms with Gasteiger partial charge in [0.2, 0.25) is 0 Å². The van der Waals surface area contributed by atoms with Crippen LogP contribution in [0.3, 0.4) is 0 Å². The van der Waals surface area contributed by atoms with Crippen molar-refractivity contribution in [1.29, 1.82) is 0 Å². The molecular formula is C19H19N3O2S. The van der Waals surface area contributed by atoms with Crippen molar-refractivity contribution in [1.82, 2.24) is 14.5 Å². The molecule has 0 saturated carbocycles. The van der Waals surface area contributed by atoms with Gasteiger partial charge in [-0.3, -0.25) is 9.59 Å². The topological polar surface area (TPSA) is 55.2 Å². The van der Waals surface area contributed by atoms with Crippen LogP contribution in [0.25, 0.3) is 15.9 Å². The summed E-state index contributed by atoms with van der Waals surface area (Å²) in [6.45, 7) is 5.04. The van der Waals surface area contributed by atoms with Gasteiger partial charge in [-0.1, -0.05) is 0 Å². The normalized spacial score (nSPS) is 15.1. The van der Waals surface area contributed by atoms with Gasteiger partial charge in [0.05, 0.1) is 5.69 Å². The van der Waals surface area contributed by atoms with Gasteiger partial charge in [-0.15, -0.1) is 11.3 Å². The van der Waals surface area contributed by atoms with Crippen molar-refractivity contribution in [3.63, 3.8) is 0 Å². The highest BCUT2D eigenvalue weighted by Crippen LogP contribution is 2.36. The van der Waals surface area contributed by atoms with Gasteiger partial charge >= 0.3 is 0 Å². The van der Waals surface area contributed by atoms with Crippen molar-refractivity contribution < 1.29 is 9.59 Å². The summed E-state index contributed by atoms with van der Waals surface area (Å²) in [6, 6.07) is 5.96. The van der Waals surface area contributed by atoms with Crippen molar-refractivity contribution in [2.45, 2.75) is 26.7 Å². The Balaban J connectivity index is 1.88. The number of nitrogens with zero attached hydrogens (tertiary/aromatic N) is 3. The Morgan fingerprint density at radius 3 is 2.52 bits per heavy atom. The lowest BCUT2D eigenvalue weighted by Crippen LogP contribution is -2.38. The minimum absolute atomic E-state index is 0.00347. The number of hydrogen-bond donors (Lipinski definition) is 0. The highest BCUT2D eigenvalue weighted by Gasteiger charge is 2.28. The molecule has 0 spiro atoms. The number of hydrogen-bond acceptors (Lipinski definition) is 4. The number of carbonyl (C=O) groups is 2. The lowest BCUT2D eigenvalue weighted by molar-refractivity contribution is -0.120. The van der Waals surface area contributed by atoms with E-state index in [2.05, 4.69) is 18.0 Å². The zero-order valence-electron chi connectivity index (χ0n) is 14.3. The largest absolute Gasteiger partial charge is 0.337 e. The molecule has 1 aliphatic rings. The maximum atomic E-state index is 13.2. The molecule has 4 rings (SSSR count). The molecule has 5 nitrogen and oxygen atoms in total. The maximum Gasteiger partial charge on any atom is 0.266 e. The van der Waals surface area contributed by atoms with Crippen LogP contribution in [-0.2, 0) is 4.79 Å². The van der Waals surface area contributed by atoms with E-state index >= 15 is 0 Å². The van der Waals surface area contributed by atoms with Gasteiger partial charge in [0.15, 0.2) is 0 Å². The highest BCUT2D eigenvalue weighted by molar-refractivity contribution is 7.21. The molecule has 4 heterocycles. The second-order valence-electron chi connectivity index (χ2n) is 6.46. The number of rotatable bonds is 2. The van der Waals surface area contributed by atoms with Gasteiger partial charge in [0.1, 0.15) is 15.5 Å². The number of Topliss-reactive ketones (excluding diaryl/α,β-unsaturated/α-hetero) is 1. The number of pyridine rings is 1. The van der Waals surface area contributed by atoms with E-state index < -0.39 is 0 Å². The lowest BCUT2D eigenvalue weighted by atomic mass is 10.1. The van der Waals surface area contributed by atoms with Crippen molar-refractivity contribution in [3.8, 4) is 5.69 Å². The minimum atomic E-state index is -0.00347. The average molecular weight is 353 g/mol. The quantitative estimate of drug-likeness (QED) is 0.708. The first kappa shape index (κ1) is 16.0. The Morgan fingerprint density at radius 1 is 1.16 bits per heavy atom. The Bertz CT molecular complexity index is 962. The van der Waals surface area contributed by atoms with E-state index in [0.717, 1.165) is 27.2 Å². The second-order valence-corrected chi connectivity index (χ2v) is 7.46. The number of fused-ring (bicyclic) bond motifs is 1. The third-order valence-corrected chi connectivity index (χ3v) is 5.69. The minimum Gasteiger partial charge on any atom is -0.337 e. The number of aromatic nitrogens is 2. The van der Waals surface area contributed by atoms with E-state index in [1.807, 2.05) is 36.0 Å². The molecule has 0 radical (unpaired) electrons. The molecule has 1 amide bonds. The summed E-state index contributed by atoms with van der Waals surface area (Å²) in [7, 11) is 0. The third-order valence-electron chi connectivity index (χ3n) is 4.63. The smallest absolute Gasteiger partial charge is 0.266 e. The summed E-state index contributed by atoms with van der Waals surface area (Å²) in [5.41, 5.74) is 2.97. The fourth-order valence-corrected chi connectivity index (χ4v) is 4.66. The zero-order valence-corrected chi connectivity index (χ0v) is 15.1. The number of ketones is 1. The summed E-state index contributed by atoms with van der Waals surface area (Å²) in [5.74, 6) is 0.232. The molecule has 1 saturated heterocycles. The first-order valence-electron chi connectivity index (χ1n) is 8.39. The first-order chi connectivity index (χ1) is 12.0. The molecule has 0 aromatic carbocycles. The molecule has 0 bridgehead atoms. The summed E-state index contributed by atoms with van der Waals surface area (Å²) in [4.78, 5) is 32.7. The van der Waals surface area contributed by atoms with Gasteiger partial charge in [-0.05, 0) is 37.6 Å². The predicted molar refractivity (Wildman–Crippen MR) is 98.6 cm³/mol. The Labute approximate surface area is 149 Å². The van der Waals surface area contributed by atoms with Gasteiger partial charge in [0, 0.05) is 49.4 Å². The standard InChI is InChI=1S/C19H19N3O2S/c1-12-11-13(2)20-18-15(12)16(21-7-3-4-8-21)17(25-18)19(24)22-9-5-14(23)6-10-22/h3-4,7-8,11H,5-6,9-10H2,1-2H3. The van der Waals surface area contributed by atoms with Crippen LogP contribution in [0, 0.1) is 13.8 Å². The van der Waals surface area contributed by atoms with Crippen LogP contribution in [0.2, 0.25) is 0 Å².